The lowest BCUT2D eigenvalue weighted by molar-refractivity contribution is -0.112. The second-order valence-corrected chi connectivity index (χ2v) is 6.07. The molecule has 12 heteroatoms. The molecule has 29 heavy (non-hydrogen) atoms. The van der Waals surface area contributed by atoms with E-state index >= 15 is 0 Å². The van der Waals surface area contributed by atoms with Crippen LogP contribution >= 0.6 is 0 Å². The molecular weight excluding hydrogens is 407 g/mol. The summed E-state index contributed by atoms with van der Waals surface area (Å²) in [6.45, 7) is 8.60. The van der Waals surface area contributed by atoms with Crippen LogP contribution in [-0.4, -0.2) is 22.5 Å². The Morgan fingerprint density at radius 2 is 1.76 bits per heavy atom. The quantitative estimate of drug-likeness (QED) is 0.523. The summed E-state index contributed by atoms with van der Waals surface area (Å²) in [4.78, 5) is 2.70. The van der Waals surface area contributed by atoms with Gasteiger partial charge in [0.2, 0.25) is 5.70 Å². The highest BCUT2D eigenvalue weighted by Gasteiger charge is 2.50. The van der Waals surface area contributed by atoms with Crippen molar-refractivity contribution in [1.82, 2.24) is 15.5 Å². The molecule has 0 radical (unpaired) electrons. The summed E-state index contributed by atoms with van der Waals surface area (Å²) in [6.07, 6.45) is -10.7. The van der Waals surface area contributed by atoms with Crippen molar-refractivity contribution >= 4 is 10.9 Å². The average molecular weight is 415 g/mol. The molecular formula is C17H8F7N5. The summed E-state index contributed by atoms with van der Waals surface area (Å²) >= 11 is 0. The number of aromatic nitrogens is 2. The highest BCUT2D eigenvalue weighted by Crippen LogP contribution is 2.47. The van der Waals surface area contributed by atoms with Gasteiger partial charge in [-0.1, -0.05) is 0 Å². The number of fused-ring (bicyclic) bond motifs is 1. The first kappa shape index (κ1) is 20.2. The van der Waals surface area contributed by atoms with Gasteiger partial charge in [0.05, 0.1) is 29.6 Å². The smallest absolute Gasteiger partial charge is 0.357 e. The lowest BCUT2D eigenvalue weighted by Gasteiger charge is -2.30. The third-order valence-electron chi connectivity index (χ3n) is 4.32. The van der Waals surface area contributed by atoms with Crippen molar-refractivity contribution in [2.75, 3.05) is 0 Å². The minimum atomic E-state index is -5.38. The first-order chi connectivity index (χ1) is 13.4. The Bertz CT molecular complexity index is 1100. The molecule has 0 fully saturated rings. The van der Waals surface area contributed by atoms with Gasteiger partial charge in [0.15, 0.2) is 0 Å². The molecule has 0 saturated heterocycles. The minimum Gasteiger partial charge on any atom is -0.357 e. The highest BCUT2D eigenvalue weighted by molar-refractivity contribution is 5.82. The van der Waals surface area contributed by atoms with Crippen LogP contribution in [0.25, 0.3) is 15.7 Å². The number of nitrogens with one attached hydrogen (secondary N) is 2. The van der Waals surface area contributed by atoms with Gasteiger partial charge in [-0.25, -0.2) is 9.24 Å². The number of H-pyrrole nitrogens is 1. The zero-order valence-electron chi connectivity index (χ0n) is 14.2. The second kappa shape index (κ2) is 6.51. The Morgan fingerprint density at radius 3 is 2.28 bits per heavy atom. The number of aryl methyl sites for hydroxylation is 1. The number of halogens is 7. The molecule has 1 aromatic carbocycles. The van der Waals surface area contributed by atoms with E-state index < -0.39 is 52.3 Å². The van der Waals surface area contributed by atoms with Gasteiger partial charge in [-0.3, -0.25) is 5.10 Å². The van der Waals surface area contributed by atoms with Crippen molar-refractivity contribution in [3.05, 3.63) is 63.3 Å². The molecule has 3 rings (SSSR count). The molecule has 0 aliphatic carbocycles. The first-order valence-corrected chi connectivity index (χ1v) is 7.71. The number of benzene rings is 1. The standard InChI is InChI=1S/C17H8F7N5/c1-6-7-3-8(10(18)4-11(7)29-28-6)12-9(5-25)14(16(19,20)21)27-15(13(12)26-2)17(22,23)24/h3-4,12,27H,1H3,(H,28,29). The van der Waals surface area contributed by atoms with Crippen molar-refractivity contribution < 1.29 is 30.7 Å². The molecule has 0 amide bonds. The molecule has 1 aliphatic rings. The molecule has 1 atom stereocenters. The van der Waals surface area contributed by atoms with Crippen LogP contribution < -0.4 is 5.32 Å². The maximum absolute atomic E-state index is 14.7. The normalized spacial score (nSPS) is 17.9. The molecule has 0 spiro atoms. The van der Waals surface area contributed by atoms with Gasteiger partial charge in [0.1, 0.15) is 17.2 Å². The third-order valence-corrected chi connectivity index (χ3v) is 4.32. The number of nitrogens with zero attached hydrogens (tertiary/aromatic N) is 3. The number of aromatic amines is 1. The monoisotopic (exact) mass is 415 g/mol. The van der Waals surface area contributed by atoms with Gasteiger partial charge in [-0.15, -0.1) is 0 Å². The van der Waals surface area contributed by atoms with Crippen LogP contribution in [0.5, 0.6) is 0 Å². The Hall–Kier alpha value is -3.54. The summed E-state index contributed by atoms with van der Waals surface area (Å²) in [7, 11) is 0. The van der Waals surface area contributed by atoms with Crippen LogP contribution in [0.2, 0.25) is 0 Å². The Morgan fingerprint density at radius 1 is 1.14 bits per heavy atom. The SMILES string of the molecule is [C-]#[N+]C1=C(C(F)(F)F)NC(C(F)(F)F)=C(C#N)C1c1cc2c(C)[nH]nc2cc1F. The van der Waals surface area contributed by atoms with Crippen LogP contribution in [0.4, 0.5) is 30.7 Å². The zero-order chi connectivity index (χ0) is 21.7. The number of hydrogen-bond donors (Lipinski definition) is 2. The van der Waals surface area contributed by atoms with E-state index in [1.165, 1.54) is 13.0 Å². The molecule has 0 saturated carbocycles. The second-order valence-electron chi connectivity index (χ2n) is 6.07. The van der Waals surface area contributed by atoms with E-state index in [2.05, 4.69) is 15.0 Å². The van der Waals surface area contributed by atoms with Gasteiger partial charge in [0.25, 0.3) is 0 Å². The van der Waals surface area contributed by atoms with Crippen molar-refractivity contribution in [3.63, 3.8) is 0 Å². The summed E-state index contributed by atoms with van der Waals surface area (Å²) < 4.78 is 95.0. The molecule has 2 aromatic rings. The number of hydrogen-bond acceptors (Lipinski definition) is 3. The number of nitriles is 1. The van der Waals surface area contributed by atoms with Crippen molar-refractivity contribution in [2.45, 2.75) is 25.2 Å². The Kier molecular flexibility index (Phi) is 4.54. The summed E-state index contributed by atoms with van der Waals surface area (Å²) in [5.41, 5.74) is -6.70. The number of allylic oxidation sites excluding steroid dienone is 3. The fraction of sp³-hybridized carbons (Fsp3) is 0.235. The van der Waals surface area contributed by atoms with Gasteiger partial charge in [-0.2, -0.15) is 36.7 Å². The van der Waals surface area contributed by atoms with E-state index in [-0.39, 0.29) is 10.9 Å². The summed E-state index contributed by atoms with van der Waals surface area (Å²) in [5, 5.41) is 16.9. The van der Waals surface area contributed by atoms with Crippen LogP contribution in [-0.2, 0) is 0 Å². The Labute approximate surface area is 157 Å². The topological polar surface area (TPSA) is 68.9 Å². The molecule has 1 aliphatic heterocycles. The zero-order valence-corrected chi connectivity index (χ0v) is 14.2. The highest BCUT2D eigenvalue weighted by atomic mass is 19.4. The van der Waals surface area contributed by atoms with Crippen LogP contribution in [0.3, 0.4) is 0 Å². The van der Waals surface area contributed by atoms with Crippen LogP contribution in [0.15, 0.2) is 34.8 Å². The van der Waals surface area contributed by atoms with Crippen molar-refractivity contribution in [1.29, 1.82) is 5.26 Å². The van der Waals surface area contributed by atoms with E-state index in [0.29, 0.717) is 5.69 Å². The first-order valence-electron chi connectivity index (χ1n) is 7.71. The minimum absolute atomic E-state index is 0.0839. The van der Waals surface area contributed by atoms with Gasteiger partial charge in [0, 0.05) is 17.1 Å². The van der Waals surface area contributed by atoms with Crippen LogP contribution in [0.1, 0.15) is 17.2 Å². The lowest BCUT2D eigenvalue weighted by atomic mass is 9.83. The van der Waals surface area contributed by atoms with E-state index in [4.69, 9.17) is 6.57 Å². The predicted molar refractivity (Wildman–Crippen MR) is 85.0 cm³/mol. The van der Waals surface area contributed by atoms with Gasteiger partial charge >= 0.3 is 12.4 Å². The maximum atomic E-state index is 14.7. The largest absolute Gasteiger partial charge is 0.432 e. The van der Waals surface area contributed by atoms with E-state index in [1.807, 2.05) is 0 Å². The predicted octanol–water partition coefficient (Wildman–Crippen LogP) is 4.73. The van der Waals surface area contributed by atoms with Crippen molar-refractivity contribution in [2.24, 2.45) is 0 Å². The molecule has 1 aromatic heterocycles. The number of dihydropyridines is 1. The van der Waals surface area contributed by atoms with Gasteiger partial charge in [-0.05, 0) is 18.6 Å². The van der Waals surface area contributed by atoms with E-state index in [0.717, 1.165) is 17.4 Å². The fourth-order valence-electron chi connectivity index (χ4n) is 3.06. The molecule has 0 bridgehead atoms. The molecule has 1 unspecified atom stereocenters. The number of rotatable bonds is 1. The Balaban J connectivity index is 2.42. The number of alkyl halides is 6. The summed E-state index contributed by atoms with van der Waals surface area (Å²) in [5.74, 6) is -3.40. The van der Waals surface area contributed by atoms with E-state index in [1.54, 1.807) is 0 Å². The lowest BCUT2D eigenvalue weighted by Crippen LogP contribution is -2.39. The van der Waals surface area contributed by atoms with Gasteiger partial charge < -0.3 is 5.32 Å². The van der Waals surface area contributed by atoms with E-state index in [9.17, 15) is 36.0 Å². The molecule has 5 nitrogen and oxygen atoms in total. The summed E-state index contributed by atoms with van der Waals surface area (Å²) in [6, 6.07) is 2.99. The third kappa shape index (κ3) is 3.27. The average Bonchev–Trinajstić information content (AvgIpc) is 2.97. The maximum Gasteiger partial charge on any atom is 0.432 e. The molecule has 2 heterocycles. The fourth-order valence-corrected chi connectivity index (χ4v) is 3.06. The molecule has 2 N–H and O–H groups in total. The molecule has 150 valence electrons. The van der Waals surface area contributed by atoms with Crippen LogP contribution in [0, 0.1) is 30.6 Å². The van der Waals surface area contributed by atoms with Crippen molar-refractivity contribution in [3.8, 4) is 6.07 Å².